The number of nitriles is 1. The van der Waals surface area contributed by atoms with Crippen molar-refractivity contribution in [3.63, 3.8) is 0 Å². The molecule has 0 bridgehead atoms. The Bertz CT molecular complexity index is 317. The van der Waals surface area contributed by atoms with Crippen molar-refractivity contribution in [2.45, 2.75) is 19.8 Å². The predicted molar refractivity (Wildman–Crippen MR) is 54.1 cm³/mol. The molecule has 0 heterocycles. The van der Waals surface area contributed by atoms with Crippen LogP contribution in [0.4, 0.5) is 0 Å². The molecule has 66 valence electrons. The molecule has 13 heavy (non-hydrogen) atoms. The molecule has 1 aromatic rings. The summed E-state index contributed by atoms with van der Waals surface area (Å²) in [5.74, 6) is 0. The van der Waals surface area contributed by atoms with Gasteiger partial charge in [-0.3, -0.25) is 0 Å². The van der Waals surface area contributed by atoms with Crippen LogP contribution in [-0.2, 0) is 6.42 Å². The van der Waals surface area contributed by atoms with Crippen LogP contribution in [0.3, 0.4) is 0 Å². The van der Waals surface area contributed by atoms with Gasteiger partial charge in [0.2, 0.25) is 0 Å². The van der Waals surface area contributed by atoms with Crippen LogP contribution in [0.25, 0.3) is 0 Å². The molecule has 0 spiro atoms. The first-order valence-electron chi connectivity index (χ1n) is 4.42. The van der Waals surface area contributed by atoms with Gasteiger partial charge in [0.1, 0.15) is 0 Å². The Morgan fingerprint density at radius 1 is 1.38 bits per heavy atom. The lowest BCUT2D eigenvalue weighted by molar-refractivity contribution is 0.942. The molecule has 0 fully saturated rings. The molecule has 0 radical (unpaired) electrons. The number of benzene rings is 1. The van der Waals surface area contributed by atoms with Gasteiger partial charge in [0.15, 0.2) is 0 Å². The molecular weight excluding hydrogens is 158 g/mol. The van der Waals surface area contributed by atoms with Gasteiger partial charge in [0, 0.05) is 6.08 Å². The maximum atomic E-state index is 8.41. The minimum Gasteiger partial charge on any atom is -0.193 e. The minimum atomic E-state index is 0.970. The molecule has 0 aromatic heterocycles. The van der Waals surface area contributed by atoms with Crippen LogP contribution in [0.1, 0.15) is 18.9 Å². The Morgan fingerprint density at radius 2 is 2.08 bits per heavy atom. The molecule has 0 N–H and O–H groups in total. The molecule has 1 nitrogen and oxygen atoms in total. The van der Waals surface area contributed by atoms with E-state index in [0.29, 0.717) is 0 Å². The van der Waals surface area contributed by atoms with Crippen molar-refractivity contribution >= 4 is 0 Å². The van der Waals surface area contributed by atoms with Gasteiger partial charge >= 0.3 is 0 Å². The molecule has 0 amide bonds. The first-order chi connectivity index (χ1) is 6.33. The fourth-order valence-corrected chi connectivity index (χ4v) is 1.17. The molecule has 0 saturated heterocycles. The molecule has 0 aliphatic heterocycles. The van der Waals surface area contributed by atoms with E-state index >= 15 is 0 Å². The lowest BCUT2D eigenvalue weighted by Crippen LogP contribution is -1.85. The summed E-state index contributed by atoms with van der Waals surface area (Å²) in [5.41, 5.74) is 2.47. The highest BCUT2D eigenvalue weighted by Gasteiger charge is 1.92. The average Bonchev–Trinajstić information content (AvgIpc) is 2.17. The second-order valence-corrected chi connectivity index (χ2v) is 3.11. The summed E-state index contributed by atoms with van der Waals surface area (Å²) in [7, 11) is 0. The normalized spacial score (nSPS) is 10.9. The average molecular weight is 171 g/mol. The Kier molecular flexibility index (Phi) is 3.78. The SMILES string of the molecule is C/C(=C\C#N)CCc1ccccc1. The van der Waals surface area contributed by atoms with Gasteiger partial charge < -0.3 is 0 Å². The Morgan fingerprint density at radius 3 is 2.69 bits per heavy atom. The van der Waals surface area contributed by atoms with Gasteiger partial charge in [0.05, 0.1) is 6.07 Å². The van der Waals surface area contributed by atoms with Crippen LogP contribution >= 0.6 is 0 Å². The summed E-state index contributed by atoms with van der Waals surface area (Å²) in [6.45, 7) is 1.99. The van der Waals surface area contributed by atoms with Crippen LogP contribution in [0.2, 0.25) is 0 Å². The smallest absolute Gasteiger partial charge is 0.0911 e. The van der Waals surface area contributed by atoms with Gasteiger partial charge in [-0.1, -0.05) is 35.9 Å². The summed E-state index contributed by atoms with van der Waals surface area (Å²) in [5, 5.41) is 8.41. The second kappa shape index (κ2) is 5.16. The van der Waals surface area contributed by atoms with Gasteiger partial charge in [0.25, 0.3) is 0 Å². The number of allylic oxidation sites excluding steroid dienone is 2. The number of hydrogen-bond acceptors (Lipinski definition) is 1. The predicted octanol–water partition coefficient (Wildman–Crippen LogP) is 3.09. The van der Waals surface area contributed by atoms with Crippen molar-refractivity contribution in [1.82, 2.24) is 0 Å². The number of rotatable bonds is 3. The van der Waals surface area contributed by atoms with Crippen molar-refractivity contribution < 1.29 is 0 Å². The monoisotopic (exact) mass is 171 g/mol. The maximum Gasteiger partial charge on any atom is 0.0911 e. The van der Waals surface area contributed by atoms with Crippen molar-refractivity contribution in [1.29, 1.82) is 5.26 Å². The molecule has 0 atom stereocenters. The van der Waals surface area contributed by atoms with Gasteiger partial charge in [-0.15, -0.1) is 0 Å². The van der Waals surface area contributed by atoms with E-state index in [1.807, 2.05) is 31.2 Å². The highest BCUT2D eigenvalue weighted by Crippen LogP contribution is 2.07. The molecule has 0 aliphatic rings. The van der Waals surface area contributed by atoms with Crippen LogP contribution in [0, 0.1) is 11.3 Å². The van der Waals surface area contributed by atoms with E-state index in [1.54, 1.807) is 6.08 Å². The summed E-state index contributed by atoms with van der Waals surface area (Å²) >= 11 is 0. The van der Waals surface area contributed by atoms with E-state index < -0.39 is 0 Å². The fraction of sp³-hybridized carbons (Fsp3) is 0.250. The summed E-state index contributed by atoms with van der Waals surface area (Å²) in [4.78, 5) is 0. The summed E-state index contributed by atoms with van der Waals surface area (Å²) < 4.78 is 0. The maximum absolute atomic E-state index is 8.41. The Balaban J connectivity index is 2.45. The van der Waals surface area contributed by atoms with Crippen LogP contribution in [0.15, 0.2) is 42.0 Å². The lowest BCUT2D eigenvalue weighted by Gasteiger charge is -1.99. The third-order valence-electron chi connectivity index (χ3n) is 1.96. The zero-order valence-electron chi connectivity index (χ0n) is 7.83. The summed E-state index contributed by atoms with van der Waals surface area (Å²) in [6.07, 6.45) is 3.60. The minimum absolute atomic E-state index is 0.970. The van der Waals surface area contributed by atoms with Gasteiger partial charge in [-0.25, -0.2) is 0 Å². The highest BCUT2D eigenvalue weighted by molar-refractivity contribution is 5.18. The third-order valence-corrected chi connectivity index (χ3v) is 1.96. The Labute approximate surface area is 79.3 Å². The van der Waals surface area contributed by atoms with E-state index in [1.165, 1.54) is 5.56 Å². The molecule has 1 heteroatoms. The standard InChI is InChI=1S/C12H13N/c1-11(9-10-13)7-8-12-5-3-2-4-6-12/h2-6,9H,7-8H2,1H3/b11-9+. The van der Waals surface area contributed by atoms with Crippen LogP contribution in [-0.4, -0.2) is 0 Å². The van der Waals surface area contributed by atoms with E-state index in [2.05, 4.69) is 12.1 Å². The van der Waals surface area contributed by atoms with Crippen molar-refractivity contribution in [3.8, 4) is 6.07 Å². The number of nitrogens with zero attached hydrogens (tertiary/aromatic N) is 1. The Hall–Kier alpha value is -1.55. The summed E-state index contributed by atoms with van der Waals surface area (Å²) in [6, 6.07) is 12.4. The highest BCUT2D eigenvalue weighted by atomic mass is 14.2. The largest absolute Gasteiger partial charge is 0.193 e. The molecule has 1 rings (SSSR count). The van der Waals surface area contributed by atoms with Gasteiger partial charge in [-0.2, -0.15) is 5.26 Å². The van der Waals surface area contributed by atoms with Crippen LogP contribution < -0.4 is 0 Å². The lowest BCUT2D eigenvalue weighted by atomic mass is 10.1. The van der Waals surface area contributed by atoms with Crippen molar-refractivity contribution in [3.05, 3.63) is 47.5 Å². The second-order valence-electron chi connectivity index (χ2n) is 3.11. The van der Waals surface area contributed by atoms with E-state index in [-0.39, 0.29) is 0 Å². The van der Waals surface area contributed by atoms with E-state index in [0.717, 1.165) is 18.4 Å². The van der Waals surface area contributed by atoms with E-state index in [9.17, 15) is 0 Å². The van der Waals surface area contributed by atoms with Crippen LogP contribution in [0.5, 0.6) is 0 Å². The third kappa shape index (κ3) is 3.57. The zero-order chi connectivity index (χ0) is 9.52. The molecule has 0 unspecified atom stereocenters. The molecule has 1 aromatic carbocycles. The first-order valence-corrected chi connectivity index (χ1v) is 4.42. The van der Waals surface area contributed by atoms with Crippen molar-refractivity contribution in [2.24, 2.45) is 0 Å². The zero-order valence-corrected chi connectivity index (χ0v) is 7.83. The molecule has 0 saturated carbocycles. The fourth-order valence-electron chi connectivity index (χ4n) is 1.17. The molecular formula is C12H13N. The molecule has 0 aliphatic carbocycles. The first kappa shape index (κ1) is 9.54. The topological polar surface area (TPSA) is 23.8 Å². The quantitative estimate of drug-likeness (QED) is 0.641. The van der Waals surface area contributed by atoms with Gasteiger partial charge in [-0.05, 0) is 25.3 Å². The van der Waals surface area contributed by atoms with Crippen molar-refractivity contribution in [2.75, 3.05) is 0 Å². The van der Waals surface area contributed by atoms with E-state index in [4.69, 9.17) is 5.26 Å². The number of aryl methyl sites for hydroxylation is 1. The number of hydrogen-bond donors (Lipinski definition) is 0.